The highest BCUT2D eigenvalue weighted by Crippen LogP contribution is 2.30. The van der Waals surface area contributed by atoms with Gasteiger partial charge in [0.05, 0.1) is 23.2 Å². The lowest BCUT2D eigenvalue weighted by Gasteiger charge is -2.11. The Labute approximate surface area is 95.8 Å². The van der Waals surface area contributed by atoms with Crippen LogP contribution < -0.4 is 0 Å². The molecule has 0 unspecified atom stereocenters. The third-order valence-electron chi connectivity index (χ3n) is 2.20. The highest BCUT2D eigenvalue weighted by Gasteiger charge is 2.23. The molecule has 90 valence electrons. The normalized spacial score (nSPS) is 13.1. The number of rotatable bonds is 4. The van der Waals surface area contributed by atoms with Crippen molar-refractivity contribution in [2.75, 3.05) is 0 Å². The lowest BCUT2D eigenvalue weighted by Crippen LogP contribution is -2.13. The van der Waals surface area contributed by atoms with E-state index in [0.29, 0.717) is 5.69 Å². The lowest BCUT2D eigenvalue weighted by atomic mass is 10.2. The van der Waals surface area contributed by atoms with Gasteiger partial charge < -0.3 is 5.11 Å². The molecule has 0 fully saturated rings. The summed E-state index contributed by atoms with van der Waals surface area (Å²) < 4.78 is 26.2. The summed E-state index contributed by atoms with van der Waals surface area (Å²) in [5.41, 5.74) is -0.151. The molecule has 0 saturated heterocycles. The first-order valence-electron chi connectivity index (χ1n) is 4.59. The quantitative estimate of drug-likeness (QED) is 0.896. The van der Waals surface area contributed by atoms with Gasteiger partial charge in [0.2, 0.25) is 0 Å². The van der Waals surface area contributed by atoms with Crippen molar-refractivity contribution in [3.05, 3.63) is 16.4 Å². The molecule has 0 aliphatic carbocycles. The molecule has 0 spiro atoms. The SMILES string of the molecule is Cc1c(Cl)c(C(F)F)nn1[C@H](C)CC(=O)O. The summed E-state index contributed by atoms with van der Waals surface area (Å²) in [6, 6.07) is -0.512. The minimum atomic E-state index is -2.76. The van der Waals surface area contributed by atoms with Gasteiger partial charge in [-0.25, -0.2) is 8.78 Å². The summed E-state index contributed by atoms with van der Waals surface area (Å²) in [7, 11) is 0. The molecule has 1 aromatic rings. The van der Waals surface area contributed by atoms with E-state index in [-0.39, 0.29) is 11.4 Å². The number of alkyl halides is 2. The van der Waals surface area contributed by atoms with E-state index in [2.05, 4.69) is 5.10 Å². The van der Waals surface area contributed by atoms with Gasteiger partial charge in [-0.05, 0) is 13.8 Å². The molecule has 0 radical (unpaired) electrons. The van der Waals surface area contributed by atoms with Crippen LogP contribution in [0, 0.1) is 6.92 Å². The van der Waals surface area contributed by atoms with E-state index in [9.17, 15) is 13.6 Å². The van der Waals surface area contributed by atoms with Gasteiger partial charge >= 0.3 is 5.97 Å². The topological polar surface area (TPSA) is 55.1 Å². The minimum Gasteiger partial charge on any atom is -0.481 e. The number of hydrogen-bond donors (Lipinski definition) is 1. The van der Waals surface area contributed by atoms with Crippen molar-refractivity contribution in [2.45, 2.75) is 32.7 Å². The van der Waals surface area contributed by atoms with Crippen LogP contribution in [0.1, 0.15) is 37.2 Å². The van der Waals surface area contributed by atoms with Crippen molar-refractivity contribution in [3.8, 4) is 0 Å². The van der Waals surface area contributed by atoms with Gasteiger partial charge in [0.1, 0.15) is 5.69 Å². The fourth-order valence-corrected chi connectivity index (χ4v) is 1.64. The van der Waals surface area contributed by atoms with Crippen LogP contribution in [-0.2, 0) is 4.79 Å². The largest absolute Gasteiger partial charge is 0.481 e. The van der Waals surface area contributed by atoms with Crippen LogP contribution in [0.4, 0.5) is 8.78 Å². The van der Waals surface area contributed by atoms with Crippen molar-refractivity contribution >= 4 is 17.6 Å². The molecule has 0 aromatic carbocycles. The molecular formula is C9H11ClF2N2O2. The molecule has 0 saturated carbocycles. The zero-order valence-corrected chi connectivity index (χ0v) is 9.50. The number of carboxylic acids is 1. The Hall–Kier alpha value is -1.17. The molecule has 0 aliphatic heterocycles. The van der Waals surface area contributed by atoms with E-state index in [0.717, 1.165) is 0 Å². The fraction of sp³-hybridized carbons (Fsp3) is 0.556. The first kappa shape index (κ1) is 12.9. The average molecular weight is 253 g/mol. The minimum absolute atomic E-state index is 0.104. The third-order valence-corrected chi connectivity index (χ3v) is 2.66. The number of carbonyl (C=O) groups is 1. The number of nitrogens with zero attached hydrogens (tertiary/aromatic N) is 2. The van der Waals surface area contributed by atoms with Crippen LogP contribution >= 0.6 is 11.6 Å². The number of halogens is 3. The van der Waals surface area contributed by atoms with Gasteiger partial charge in [-0.3, -0.25) is 9.48 Å². The van der Waals surface area contributed by atoms with E-state index in [1.165, 1.54) is 11.6 Å². The second kappa shape index (κ2) is 4.78. The Bertz CT molecular complexity index is 406. The van der Waals surface area contributed by atoms with E-state index < -0.39 is 24.1 Å². The van der Waals surface area contributed by atoms with Crippen molar-refractivity contribution in [3.63, 3.8) is 0 Å². The third kappa shape index (κ3) is 2.49. The second-order valence-electron chi connectivity index (χ2n) is 3.48. The van der Waals surface area contributed by atoms with Crippen LogP contribution in [0.15, 0.2) is 0 Å². The van der Waals surface area contributed by atoms with Crippen LogP contribution in [-0.4, -0.2) is 20.9 Å². The molecule has 0 amide bonds. The maximum Gasteiger partial charge on any atom is 0.305 e. The van der Waals surface area contributed by atoms with Crippen LogP contribution in [0.2, 0.25) is 5.02 Å². The van der Waals surface area contributed by atoms with Crippen LogP contribution in [0.25, 0.3) is 0 Å². The maximum atomic E-state index is 12.5. The predicted octanol–water partition coefficient (Wildman–Crippen LogP) is 2.82. The van der Waals surface area contributed by atoms with E-state index in [4.69, 9.17) is 16.7 Å². The molecule has 0 aliphatic rings. The second-order valence-corrected chi connectivity index (χ2v) is 3.85. The van der Waals surface area contributed by atoms with Gasteiger partial charge in [0.15, 0.2) is 0 Å². The van der Waals surface area contributed by atoms with Gasteiger partial charge in [-0.15, -0.1) is 0 Å². The molecule has 1 aromatic heterocycles. The number of aliphatic carboxylic acids is 1. The average Bonchev–Trinajstić information content (AvgIpc) is 2.43. The van der Waals surface area contributed by atoms with Crippen molar-refractivity contribution in [1.82, 2.24) is 9.78 Å². The molecule has 1 rings (SSSR count). The van der Waals surface area contributed by atoms with Gasteiger partial charge in [-0.2, -0.15) is 5.10 Å². The van der Waals surface area contributed by atoms with Crippen molar-refractivity contribution < 1.29 is 18.7 Å². The summed E-state index contributed by atoms with van der Waals surface area (Å²) >= 11 is 5.68. The Morgan fingerprint density at radius 2 is 2.19 bits per heavy atom. The highest BCUT2D eigenvalue weighted by atomic mass is 35.5. The maximum absolute atomic E-state index is 12.5. The molecular weight excluding hydrogens is 242 g/mol. The number of aromatic nitrogens is 2. The van der Waals surface area contributed by atoms with Crippen molar-refractivity contribution in [1.29, 1.82) is 0 Å². The first-order chi connectivity index (χ1) is 7.34. The molecule has 16 heavy (non-hydrogen) atoms. The smallest absolute Gasteiger partial charge is 0.305 e. The number of carboxylic acid groups (broad SMARTS) is 1. The summed E-state index contributed by atoms with van der Waals surface area (Å²) in [5.74, 6) is -1.02. The lowest BCUT2D eigenvalue weighted by molar-refractivity contribution is -0.137. The molecule has 4 nitrogen and oxygen atoms in total. The molecule has 0 bridgehead atoms. The predicted molar refractivity (Wildman–Crippen MR) is 53.9 cm³/mol. The molecule has 7 heteroatoms. The summed E-state index contributed by atoms with van der Waals surface area (Å²) in [4.78, 5) is 10.5. The van der Waals surface area contributed by atoms with E-state index >= 15 is 0 Å². The summed E-state index contributed by atoms with van der Waals surface area (Å²) in [5, 5.41) is 12.1. The fourth-order valence-electron chi connectivity index (χ4n) is 1.43. The summed E-state index contributed by atoms with van der Waals surface area (Å²) in [6.07, 6.45) is -2.95. The Morgan fingerprint density at radius 3 is 2.56 bits per heavy atom. The van der Waals surface area contributed by atoms with Gasteiger partial charge in [-0.1, -0.05) is 11.6 Å². The van der Waals surface area contributed by atoms with Crippen LogP contribution in [0.5, 0.6) is 0 Å². The summed E-state index contributed by atoms with van der Waals surface area (Å²) in [6.45, 7) is 3.11. The standard InChI is InChI=1S/C9H11ClF2N2O2/c1-4(3-6(15)16)14-5(2)7(10)8(13-14)9(11)12/h4,9H,3H2,1-2H3,(H,15,16)/t4-/m1/s1. The monoisotopic (exact) mass is 252 g/mol. The number of hydrogen-bond acceptors (Lipinski definition) is 2. The van der Waals surface area contributed by atoms with E-state index in [1.54, 1.807) is 6.92 Å². The zero-order valence-electron chi connectivity index (χ0n) is 8.75. The highest BCUT2D eigenvalue weighted by molar-refractivity contribution is 6.31. The molecule has 1 heterocycles. The molecule has 1 N–H and O–H groups in total. The van der Waals surface area contributed by atoms with Crippen molar-refractivity contribution in [2.24, 2.45) is 0 Å². The van der Waals surface area contributed by atoms with Gasteiger partial charge in [0, 0.05) is 0 Å². The first-order valence-corrected chi connectivity index (χ1v) is 4.96. The Morgan fingerprint density at radius 1 is 1.62 bits per heavy atom. The molecule has 1 atom stereocenters. The Balaban J connectivity index is 3.06. The van der Waals surface area contributed by atoms with Gasteiger partial charge in [0.25, 0.3) is 6.43 Å². The van der Waals surface area contributed by atoms with E-state index in [1.807, 2.05) is 0 Å². The van der Waals surface area contributed by atoms with Crippen LogP contribution in [0.3, 0.4) is 0 Å². The zero-order chi connectivity index (χ0) is 12.5. The Kier molecular flexibility index (Phi) is 3.85.